The minimum absolute atomic E-state index is 0.00120. The fraction of sp³-hybridized carbons (Fsp3) is 0.500. The normalized spacial score (nSPS) is 13.8. The smallest absolute Gasteiger partial charge is 0.253 e. The molecule has 0 bridgehead atoms. The monoisotopic (exact) mass is 206 g/mol. The van der Waals surface area contributed by atoms with E-state index in [2.05, 4.69) is 10.3 Å². The highest BCUT2D eigenvalue weighted by molar-refractivity contribution is 5.94. The van der Waals surface area contributed by atoms with E-state index >= 15 is 0 Å². The van der Waals surface area contributed by atoms with Crippen molar-refractivity contribution in [2.45, 2.75) is 39.7 Å². The molecule has 0 spiro atoms. The standard InChI is InChI=1S/C10H12N2O.C2H6/c1-7-4-8(6-11-5-7)10(13)12-9-2-3-9;1-2/h4-6,9H,2-3H2,1H3,(H,12,13);1-2H3. The second kappa shape index (κ2) is 5.49. The number of carbonyl (C=O) groups is 1. The molecule has 0 atom stereocenters. The third kappa shape index (κ3) is 3.70. The molecule has 1 aliphatic rings. The van der Waals surface area contributed by atoms with Gasteiger partial charge in [-0.05, 0) is 31.4 Å². The molecule has 3 nitrogen and oxygen atoms in total. The van der Waals surface area contributed by atoms with Gasteiger partial charge in [0.05, 0.1) is 5.56 Å². The van der Waals surface area contributed by atoms with Crippen LogP contribution < -0.4 is 5.32 Å². The number of pyridine rings is 1. The van der Waals surface area contributed by atoms with Gasteiger partial charge in [-0.3, -0.25) is 9.78 Å². The Labute approximate surface area is 90.9 Å². The molecule has 1 fully saturated rings. The SMILES string of the molecule is CC.Cc1cncc(C(=O)NC2CC2)c1. The zero-order chi connectivity index (χ0) is 11.3. The maximum Gasteiger partial charge on any atom is 0.253 e. The van der Waals surface area contributed by atoms with Gasteiger partial charge in [-0.25, -0.2) is 0 Å². The summed E-state index contributed by atoms with van der Waals surface area (Å²) in [5.41, 5.74) is 1.68. The Morgan fingerprint density at radius 3 is 2.60 bits per heavy atom. The molecule has 0 unspecified atom stereocenters. The molecule has 1 N–H and O–H groups in total. The maximum absolute atomic E-state index is 11.5. The van der Waals surface area contributed by atoms with E-state index in [0.29, 0.717) is 11.6 Å². The zero-order valence-corrected chi connectivity index (χ0v) is 9.58. The van der Waals surface area contributed by atoms with Crippen molar-refractivity contribution in [2.24, 2.45) is 0 Å². The molecule has 1 heterocycles. The van der Waals surface area contributed by atoms with Crippen LogP contribution in [0.1, 0.15) is 42.6 Å². The van der Waals surface area contributed by atoms with Crippen LogP contribution in [0.5, 0.6) is 0 Å². The van der Waals surface area contributed by atoms with Crippen molar-refractivity contribution in [3.05, 3.63) is 29.6 Å². The lowest BCUT2D eigenvalue weighted by Crippen LogP contribution is -2.25. The van der Waals surface area contributed by atoms with Crippen molar-refractivity contribution >= 4 is 5.91 Å². The van der Waals surface area contributed by atoms with Crippen LogP contribution in [0.15, 0.2) is 18.5 Å². The Kier molecular flexibility index (Phi) is 4.28. The molecule has 1 amide bonds. The largest absolute Gasteiger partial charge is 0.349 e. The summed E-state index contributed by atoms with van der Waals surface area (Å²) in [6.45, 7) is 5.93. The molecule has 1 aromatic heterocycles. The molecule has 3 heteroatoms. The number of aryl methyl sites for hydroxylation is 1. The van der Waals surface area contributed by atoms with Crippen LogP contribution >= 0.6 is 0 Å². The fourth-order valence-corrected chi connectivity index (χ4v) is 1.18. The zero-order valence-electron chi connectivity index (χ0n) is 9.58. The number of hydrogen-bond donors (Lipinski definition) is 1. The van der Waals surface area contributed by atoms with Crippen LogP contribution in [-0.4, -0.2) is 16.9 Å². The number of carbonyl (C=O) groups excluding carboxylic acids is 1. The van der Waals surface area contributed by atoms with Crippen LogP contribution in [0, 0.1) is 6.92 Å². The van der Waals surface area contributed by atoms with Crippen molar-refractivity contribution in [1.82, 2.24) is 10.3 Å². The summed E-state index contributed by atoms with van der Waals surface area (Å²) in [6.07, 6.45) is 5.58. The summed E-state index contributed by atoms with van der Waals surface area (Å²) >= 11 is 0. The van der Waals surface area contributed by atoms with Crippen LogP contribution in [-0.2, 0) is 0 Å². The molecular weight excluding hydrogens is 188 g/mol. The Morgan fingerprint density at radius 1 is 1.40 bits per heavy atom. The van der Waals surface area contributed by atoms with Crippen LogP contribution in [0.25, 0.3) is 0 Å². The first-order chi connectivity index (χ1) is 7.25. The molecule has 15 heavy (non-hydrogen) atoms. The lowest BCUT2D eigenvalue weighted by Gasteiger charge is -2.02. The second-order valence-electron chi connectivity index (χ2n) is 3.50. The highest BCUT2D eigenvalue weighted by atomic mass is 16.1. The minimum Gasteiger partial charge on any atom is -0.349 e. The number of nitrogens with zero attached hydrogens (tertiary/aromatic N) is 1. The van der Waals surface area contributed by atoms with Gasteiger partial charge < -0.3 is 5.32 Å². The fourth-order valence-electron chi connectivity index (χ4n) is 1.18. The van der Waals surface area contributed by atoms with Crippen molar-refractivity contribution in [2.75, 3.05) is 0 Å². The van der Waals surface area contributed by atoms with E-state index in [1.165, 1.54) is 0 Å². The predicted molar refractivity (Wildman–Crippen MR) is 60.8 cm³/mol. The van der Waals surface area contributed by atoms with E-state index in [4.69, 9.17) is 0 Å². The van der Waals surface area contributed by atoms with Gasteiger partial charge in [-0.1, -0.05) is 13.8 Å². The Hall–Kier alpha value is -1.38. The third-order valence-corrected chi connectivity index (χ3v) is 2.05. The van der Waals surface area contributed by atoms with Crippen molar-refractivity contribution in [1.29, 1.82) is 0 Å². The first-order valence-corrected chi connectivity index (χ1v) is 5.48. The number of rotatable bonds is 2. The molecule has 1 saturated carbocycles. The van der Waals surface area contributed by atoms with Crippen LogP contribution in [0.3, 0.4) is 0 Å². The highest BCUT2D eigenvalue weighted by Crippen LogP contribution is 2.19. The first-order valence-electron chi connectivity index (χ1n) is 5.48. The number of hydrogen-bond acceptors (Lipinski definition) is 2. The second-order valence-corrected chi connectivity index (χ2v) is 3.50. The number of amides is 1. The van der Waals surface area contributed by atoms with Crippen molar-refractivity contribution in [3.63, 3.8) is 0 Å². The topological polar surface area (TPSA) is 42.0 Å². The van der Waals surface area contributed by atoms with Gasteiger partial charge in [0.25, 0.3) is 5.91 Å². The summed E-state index contributed by atoms with van der Waals surface area (Å²) in [5.74, 6) is -0.00120. The van der Waals surface area contributed by atoms with Crippen LogP contribution in [0.2, 0.25) is 0 Å². The first kappa shape index (κ1) is 11.7. The van der Waals surface area contributed by atoms with Gasteiger partial charge in [0, 0.05) is 18.4 Å². The average molecular weight is 206 g/mol. The lowest BCUT2D eigenvalue weighted by molar-refractivity contribution is 0.0950. The van der Waals surface area contributed by atoms with Crippen molar-refractivity contribution in [3.8, 4) is 0 Å². The quantitative estimate of drug-likeness (QED) is 0.806. The van der Waals surface area contributed by atoms with E-state index in [9.17, 15) is 4.79 Å². The summed E-state index contributed by atoms with van der Waals surface area (Å²) in [6, 6.07) is 2.26. The molecule has 82 valence electrons. The molecule has 0 saturated heterocycles. The van der Waals surface area contributed by atoms with E-state index in [-0.39, 0.29) is 5.91 Å². The predicted octanol–water partition coefficient (Wildman–Crippen LogP) is 2.31. The average Bonchev–Trinajstić information content (AvgIpc) is 3.05. The highest BCUT2D eigenvalue weighted by Gasteiger charge is 2.23. The van der Waals surface area contributed by atoms with E-state index < -0.39 is 0 Å². The van der Waals surface area contributed by atoms with E-state index in [0.717, 1.165) is 18.4 Å². The summed E-state index contributed by atoms with van der Waals surface area (Å²) in [5, 5.41) is 2.92. The number of nitrogens with one attached hydrogen (secondary N) is 1. The Morgan fingerprint density at radius 2 is 2.07 bits per heavy atom. The minimum atomic E-state index is -0.00120. The van der Waals surface area contributed by atoms with Gasteiger partial charge in [0.2, 0.25) is 0 Å². The van der Waals surface area contributed by atoms with E-state index in [1.54, 1.807) is 12.4 Å². The Balaban J connectivity index is 0.000000531. The lowest BCUT2D eigenvalue weighted by atomic mass is 10.2. The van der Waals surface area contributed by atoms with Crippen molar-refractivity contribution < 1.29 is 4.79 Å². The van der Waals surface area contributed by atoms with E-state index in [1.807, 2.05) is 26.8 Å². The molecule has 2 rings (SSSR count). The molecule has 0 radical (unpaired) electrons. The van der Waals surface area contributed by atoms with Gasteiger partial charge in [-0.2, -0.15) is 0 Å². The van der Waals surface area contributed by atoms with Gasteiger partial charge in [0.15, 0.2) is 0 Å². The molecule has 0 aliphatic heterocycles. The summed E-state index contributed by atoms with van der Waals surface area (Å²) in [4.78, 5) is 15.5. The summed E-state index contributed by atoms with van der Waals surface area (Å²) in [7, 11) is 0. The Bertz CT molecular complexity index is 332. The van der Waals surface area contributed by atoms with Gasteiger partial charge in [-0.15, -0.1) is 0 Å². The molecule has 1 aliphatic carbocycles. The molecule has 0 aromatic carbocycles. The van der Waals surface area contributed by atoms with Gasteiger partial charge in [0.1, 0.15) is 0 Å². The molecule has 1 aromatic rings. The van der Waals surface area contributed by atoms with Crippen LogP contribution in [0.4, 0.5) is 0 Å². The summed E-state index contributed by atoms with van der Waals surface area (Å²) < 4.78 is 0. The number of aromatic nitrogens is 1. The van der Waals surface area contributed by atoms with Gasteiger partial charge >= 0.3 is 0 Å². The maximum atomic E-state index is 11.5. The third-order valence-electron chi connectivity index (χ3n) is 2.05. The molecular formula is C12H18N2O.